The average molecular weight is 563 g/mol. The van der Waals surface area contributed by atoms with E-state index in [9.17, 15) is 0 Å². The van der Waals surface area contributed by atoms with Gasteiger partial charge in [0.05, 0.1) is 0 Å². The fraction of sp³-hybridized carbons (Fsp3) is 0.0571. The zero-order valence-corrected chi connectivity index (χ0v) is 23.8. The smallest absolute Gasteiger partial charge is 1.00 e. The van der Waals surface area contributed by atoms with Crippen molar-refractivity contribution in [1.82, 2.24) is 0 Å². The Morgan fingerprint density at radius 2 is 0.868 bits per heavy atom. The standard InChI is InChI=1S/2C17H11.CH2.2ClH.Ti/c2*1-2-6-15-12(4-1)8-10-14-11-9-13-5-3-7-16(13)17(14)15;;;;/h2*1-4,6,8-11H,7H2;1H2;2*1H;/q;;;;;+2/p-2. The van der Waals surface area contributed by atoms with Crippen LogP contribution in [0.4, 0.5) is 0 Å². The van der Waals surface area contributed by atoms with Gasteiger partial charge in [-0.25, -0.2) is 0 Å². The normalized spacial score (nSPS) is 13.3. The molecule has 182 valence electrons. The van der Waals surface area contributed by atoms with Crippen molar-refractivity contribution in [3.8, 4) is 0 Å². The molecule has 0 radical (unpaired) electrons. The first-order valence-electron chi connectivity index (χ1n) is 12.8. The summed E-state index contributed by atoms with van der Waals surface area (Å²) in [6.07, 6.45) is 7.04. The summed E-state index contributed by atoms with van der Waals surface area (Å²) in [5.41, 5.74) is 5.89. The molecule has 0 aliphatic heterocycles. The van der Waals surface area contributed by atoms with Crippen LogP contribution in [0, 0.1) is 0 Å². The molecule has 3 heteroatoms. The Bertz CT molecular complexity index is 1870. The molecule has 8 rings (SSSR count). The molecule has 0 aromatic heterocycles. The third-order valence-electron chi connectivity index (χ3n) is 8.29. The zero-order valence-electron chi connectivity index (χ0n) is 20.8. The molecule has 0 atom stereocenters. The van der Waals surface area contributed by atoms with Crippen LogP contribution in [0.15, 0.2) is 109 Å². The third kappa shape index (κ3) is 3.59. The predicted molar refractivity (Wildman–Crippen MR) is 153 cm³/mol. The van der Waals surface area contributed by atoms with Gasteiger partial charge >= 0.3 is 217 Å². The van der Waals surface area contributed by atoms with Crippen LogP contribution in [0.25, 0.3) is 50.8 Å². The van der Waals surface area contributed by atoms with Crippen LogP contribution < -0.4 is 24.8 Å². The number of hydrogen-bond donors (Lipinski definition) is 0. The van der Waals surface area contributed by atoms with Gasteiger partial charge in [0.25, 0.3) is 0 Å². The van der Waals surface area contributed by atoms with E-state index in [1.54, 1.807) is 0 Å². The van der Waals surface area contributed by atoms with E-state index in [-0.39, 0.29) is 24.8 Å². The predicted octanol–water partition coefficient (Wildman–Crippen LogP) is 2.85. The van der Waals surface area contributed by atoms with E-state index < -0.39 is 17.4 Å². The first kappa shape index (κ1) is 25.3. The van der Waals surface area contributed by atoms with Crippen molar-refractivity contribution in [2.45, 2.75) is 12.8 Å². The number of hydrogen-bond acceptors (Lipinski definition) is 0. The summed E-state index contributed by atoms with van der Waals surface area (Å²) in [5.74, 6) is 0. The Labute approximate surface area is 240 Å². The Kier molecular flexibility index (Phi) is 6.41. The minimum atomic E-state index is -1.94. The average Bonchev–Trinajstić information content (AvgIpc) is 3.57. The van der Waals surface area contributed by atoms with Crippen molar-refractivity contribution in [1.29, 1.82) is 0 Å². The SMILES string of the molecule is [CH2]=[Ti+2]([C]1=CCc2c1ccc1ccc3ccccc3c21)[C]1=CCc2c1ccc1ccc3ccccc3c21.[Cl-].[Cl-]. The summed E-state index contributed by atoms with van der Waals surface area (Å²) < 4.78 is 3.08. The molecule has 0 amide bonds. The fourth-order valence-electron chi connectivity index (χ4n) is 6.62. The van der Waals surface area contributed by atoms with Gasteiger partial charge in [0.1, 0.15) is 0 Å². The van der Waals surface area contributed by atoms with Gasteiger partial charge in [-0.15, -0.1) is 0 Å². The summed E-state index contributed by atoms with van der Waals surface area (Å²) >= 11 is -1.94. The molecule has 0 saturated carbocycles. The topological polar surface area (TPSA) is 0 Å². The molecule has 38 heavy (non-hydrogen) atoms. The monoisotopic (exact) mass is 562 g/mol. The molecule has 0 unspecified atom stereocenters. The van der Waals surface area contributed by atoms with Crippen LogP contribution in [0.2, 0.25) is 0 Å². The van der Waals surface area contributed by atoms with E-state index in [4.69, 9.17) is 4.82 Å². The Balaban J connectivity index is 0.00000132. The number of halogens is 2. The Morgan fingerprint density at radius 1 is 0.474 bits per heavy atom. The van der Waals surface area contributed by atoms with Crippen LogP contribution in [0.5, 0.6) is 0 Å². The molecule has 6 aromatic carbocycles. The van der Waals surface area contributed by atoms with E-state index in [2.05, 4.69) is 109 Å². The van der Waals surface area contributed by atoms with Gasteiger partial charge in [-0.2, -0.15) is 0 Å². The quantitative estimate of drug-likeness (QED) is 0.225. The first-order chi connectivity index (χ1) is 17.8. The second-order valence-corrected chi connectivity index (χ2v) is 13.3. The number of rotatable bonds is 2. The molecule has 0 N–H and O–H groups in total. The maximum Gasteiger partial charge on any atom is -1.00 e. The number of fused-ring (bicyclic) bond motifs is 10. The first-order valence-corrected chi connectivity index (χ1v) is 15.4. The minimum Gasteiger partial charge on any atom is -1.00 e. The van der Waals surface area contributed by atoms with Crippen molar-refractivity contribution in [2.24, 2.45) is 0 Å². The van der Waals surface area contributed by atoms with E-state index >= 15 is 0 Å². The van der Waals surface area contributed by atoms with Gasteiger partial charge in [-0.3, -0.25) is 0 Å². The van der Waals surface area contributed by atoms with Gasteiger partial charge in [0, 0.05) is 0 Å². The van der Waals surface area contributed by atoms with Crippen LogP contribution in [-0.2, 0) is 30.2 Å². The molecule has 0 nitrogen and oxygen atoms in total. The van der Waals surface area contributed by atoms with Gasteiger partial charge in [0.2, 0.25) is 0 Å². The molecule has 0 saturated heterocycles. The van der Waals surface area contributed by atoms with Crippen molar-refractivity contribution in [3.63, 3.8) is 0 Å². The van der Waals surface area contributed by atoms with Crippen LogP contribution in [0.1, 0.15) is 22.3 Å². The minimum absolute atomic E-state index is 0. The molecule has 2 aliphatic carbocycles. The number of benzene rings is 6. The molecule has 0 spiro atoms. The summed E-state index contributed by atoms with van der Waals surface area (Å²) in [4.78, 5) is 4.91. The van der Waals surface area contributed by atoms with Gasteiger partial charge in [-0.05, 0) is 0 Å². The van der Waals surface area contributed by atoms with Crippen molar-refractivity contribution in [2.75, 3.05) is 0 Å². The maximum absolute atomic E-state index is 4.91. The van der Waals surface area contributed by atoms with Crippen molar-refractivity contribution >= 4 is 55.7 Å². The molecule has 0 fully saturated rings. The Hall–Kier alpha value is -3.00. The zero-order chi connectivity index (χ0) is 23.8. The van der Waals surface area contributed by atoms with Gasteiger partial charge in [-0.1, -0.05) is 0 Å². The van der Waals surface area contributed by atoms with E-state index in [0.29, 0.717) is 0 Å². The van der Waals surface area contributed by atoms with Crippen molar-refractivity contribution in [3.05, 3.63) is 131 Å². The molecular weight excluding hydrogens is 539 g/mol. The molecule has 6 aromatic rings. The summed E-state index contributed by atoms with van der Waals surface area (Å²) in [7, 11) is 0. The van der Waals surface area contributed by atoms with E-state index in [1.165, 1.54) is 73.1 Å². The van der Waals surface area contributed by atoms with Crippen LogP contribution in [-0.4, -0.2) is 4.82 Å². The van der Waals surface area contributed by atoms with E-state index in [1.807, 2.05) is 0 Å². The Morgan fingerprint density at radius 3 is 1.34 bits per heavy atom. The van der Waals surface area contributed by atoms with Gasteiger partial charge in [0.15, 0.2) is 0 Å². The molecular formula is C35H24Cl2Ti. The van der Waals surface area contributed by atoms with E-state index in [0.717, 1.165) is 12.8 Å². The van der Waals surface area contributed by atoms with Gasteiger partial charge < -0.3 is 24.8 Å². The second-order valence-electron chi connectivity index (χ2n) is 10.1. The molecule has 0 bridgehead atoms. The summed E-state index contributed by atoms with van der Waals surface area (Å²) in [5, 5.41) is 10.9. The second kappa shape index (κ2) is 9.63. The molecule has 0 heterocycles. The summed E-state index contributed by atoms with van der Waals surface area (Å²) in [6, 6.07) is 36.1. The third-order valence-corrected chi connectivity index (χ3v) is 11.8. The van der Waals surface area contributed by atoms with Crippen LogP contribution in [0.3, 0.4) is 0 Å². The van der Waals surface area contributed by atoms with Crippen LogP contribution >= 0.6 is 0 Å². The maximum atomic E-state index is 4.91. The molecule has 2 aliphatic rings. The summed E-state index contributed by atoms with van der Waals surface area (Å²) in [6.45, 7) is 0. The van der Waals surface area contributed by atoms with Crippen molar-refractivity contribution < 1.29 is 42.2 Å². The largest absolute Gasteiger partial charge is 1.00 e. The fourth-order valence-corrected chi connectivity index (χ4v) is 9.91. The number of allylic oxidation sites excluding steroid dienone is 2.